The molecule has 0 bridgehead atoms. The lowest BCUT2D eigenvalue weighted by Gasteiger charge is -2.42. The van der Waals surface area contributed by atoms with Gasteiger partial charge in [0.2, 0.25) is 0 Å². The van der Waals surface area contributed by atoms with Gasteiger partial charge in [0.25, 0.3) is 0 Å². The van der Waals surface area contributed by atoms with Crippen LogP contribution < -0.4 is 9.64 Å². The summed E-state index contributed by atoms with van der Waals surface area (Å²) < 4.78 is 38.2. The Balaban J connectivity index is 1.80. The Labute approximate surface area is 168 Å². The van der Waals surface area contributed by atoms with Crippen molar-refractivity contribution in [2.24, 2.45) is 5.41 Å². The van der Waals surface area contributed by atoms with Crippen LogP contribution in [0.2, 0.25) is 0 Å². The third kappa shape index (κ3) is 7.51. The summed E-state index contributed by atoms with van der Waals surface area (Å²) in [6, 6.07) is 3.53. The van der Waals surface area contributed by atoms with Crippen LogP contribution in [0.5, 0.6) is 5.75 Å². The van der Waals surface area contributed by atoms with Crippen molar-refractivity contribution in [1.29, 1.82) is 0 Å². The molecule has 0 N–H and O–H groups in total. The number of hydrogen-bond donors (Lipinski definition) is 0. The van der Waals surface area contributed by atoms with Crippen LogP contribution in [0.25, 0.3) is 0 Å². The molecular formula is C21H35F2N3O2. The van der Waals surface area contributed by atoms with E-state index in [9.17, 15) is 8.78 Å². The Hall–Kier alpha value is -1.47. The molecule has 0 saturated carbocycles. The Kier molecular flexibility index (Phi) is 7.26. The van der Waals surface area contributed by atoms with E-state index >= 15 is 0 Å². The largest absolute Gasteiger partial charge is 0.486 e. The maximum atomic E-state index is 13.9. The highest BCUT2D eigenvalue weighted by atomic mass is 19.3. The zero-order chi connectivity index (χ0) is 21.0. The average molecular weight is 400 g/mol. The molecule has 1 saturated heterocycles. The van der Waals surface area contributed by atoms with Crippen molar-refractivity contribution in [3.63, 3.8) is 0 Å². The molecule has 5 nitrogen and oxygen atoms in total. The van der Waals surface area contributed by atoms with E-state index in [2.05, 4.69) is 35.6 Å². The molecule has 0 spiro atoms. The van der Waals surface area contributed by atoms with Crippen LogP contribution in [0.1, 0.15) is 41.5 Å². The van der Waals surface area contributed by atoms with Crippen molar-refractivity contribution in [1.82, 2.24) is 9.88 Å². The molecule has 1 aromatic rings. The van der Waals surface area contributed by atoms with Gasteiger partial charge in [0.1, 0.15) is 18.2 Å². The smallest absolute Gasteiger partial charge is 0.304 e. The first-order valence-corrected chi connectivity index (χ1v) is 9.90. The first-order chi connectivity index (χ1) is 12.9. The normalized spacial score (nSPS) is 17.1. The summed E-state index contributed by atoms with van der Waals surface area (Å²) in [6.45, 7) is 15.1. The fourth-order valence-corrected chi connectivity index (χ4v) is 2.99. The van der Waals surface area contributed by atoms with Gasteiger partial charge in [-0.05, 0) is 38.3 Å². The molecule has 1 aliphatic rings. The maximum Gasteiger partial charge on any atom is 0.304 e. The van der Waals surface area contributed by atoms with Gasteiger partial charge in [-0.2, -0.15) is 0 Å². The van der Waals surface area contributed by atoms with E-state index in [-0.39, 0.29) is 17.6 Å². The standard InChI is InChI=1S/C21H35F2N3O2/c1-19(2,3)14-27-15-21(22,23)16-28-17-7-8-18(24-13-17)25-9-11-26(12-10-25)20(4,5)6/h7-8,13H,9-12,14-16H2,1-6H3. The van der Waals surface area contributed by atoms with Crippen molar-refractivity contribution in [2.75, 3.05) is 50.9 Å². The lowest BCUT2D eigenvalue weighted by molar-refractivity contribution is -0.110. The minimum Gasteiger partial charge on any atom is -0.486 e. The quantitative estimate of drug-likeness (QED) is 0.691. The van der Waals surface area contributed by atoms with Gasteiger partial charge < -0.3 is 14.4 Å². The number of nitrogens with zero attached hydrogens (tertiary/aromatic N) is 3. The number of hydrogen-bond acceptors (Lipinski definition) is 5. The third-order valence-electron chi connectivity index (χ3n) is 4.57. The topological polar surface area (TPSA) is 37.8 Å². The van der Waals surface area contributed by atoms with Gasteiger partial charge in [-0.15, -0.1) is 0 Å². The summed E-state index contributed by atoms with van der Waals surface area (Å²) in [6.07, 6.45) is 1.51. The molecule has 0 unspecified atom stereocenters. The third-order valence-corrected chi connectivity index (χ3v) is 4.57. The number of ether oxygens (including phenoxy) is 2. The first-order valence-electron chi connectivity index (χ1n) is 9.90. The van der Waals surface area contributed by atoms with Crippen LogP contribution in [0.3, 0.4) is 0 Å². The zero-order valence-corrected chi connectivity index (χ0v) is 18.1. The summed E-state index contributed by atoms with van der Waals surface area (Å²) >= 11 is 0. The highest BCUT2D eigenvalue weighted by Crippen LogP contribution is 2.23. The number of anilines is 1. The van der Waals surface area contributed by atoms with Crippen molar-refractivity contribution in [3.05, 3.63) is 18.3 Å². The van der Waals surface area contributed by atoms with Crippen LogP contribution in [0.4, 0.5) is 14.6 Å². The van der Waals surface area contributed by atoms with Crippen molar-refractivity contribution in [3.8, 4) is 5.75 Å². The SMILES string of the molecule is CC(C)(C)COCC(F)(F)COc1ccc(N2CCN(C(C)(C)C)CC2)nc1. The number of pyridine rings is 1. The van der Waals surface area contributed by atoms with E-state index in [0.717, 1.165) is 32.0 Å². The number of piperazine rings is 1. The maximum absolute atomic E-state index is 13.9. The summed E-state index contributed by atoms with van der Waals surface area (Å²) in [7, 11) is 0. The van der Waals surface area contributed by atoms with Gasteiger partial charge in [-0.3, -0.25) is 4.90 Å². The van der Waals surface area contributed by atoms with Gasteiger partial charge in [0.15, 0.2) is 6.61 Å². The van der Waals surface area contributed by atoms with E-state index in [4.69, 9.17) is 9.47 Å². The monoisotopic (exact) mass is 399 g/mol. The highest BCUT2D eigenvalue weighted by Gasteiger charge is 2.31. The van der Waals surface area contributed by atoms with E-state index < -0.39 is 19.1 Å². The lowest BCUT2D eigenvalue weighted by atomic mass is 9.99. The molecule has 2 heterocycles. The average Bonchev–Trinajstić information content (AvgIpc) is 2.59. The lowest BCUT2D eigenvalue weighted by Crippen LogP contribution is -2.53. The summed E-state index contributed by atoms with van der Waals surface area (Å²) in [4.78, 5) is 9.05. The number of halogens is 2. The second-order valence-corrected chi connectivity index (χ2v) is 9.70. The van der Waals surface area contributed by atoms with Crippen LogP contribution >= 0.6 is 0 Å². The van der Waals surface area contributed by atoms with Crippen LogP contribution in [-0.4, -0.2) is 67.3 Å². The minimum atomic E-state index is -3.03. The zero-order valence-electron chi connectivity index (χ0n) is 18.1. The second kappa shape index (κ2) is 8.91. The Bertz CT molecular complexity index is 602. The summed E-state index contributed by atoms with van der Waals surface area (Å²) in [5.41, 5.74) is 0.0219. The van der Waals surface area contributed by atoms with Crippen LogP contribution in [-0.2, 0) is 4.74 Å². The van der Waals surface area contributed by atoms with E-state index in [1.807, 2.05) is 26.8 Å². The molecule has 1 aliphatic heterocycles. The van der Waals surface area contributed by atoms with E-state index in [0.29, 0.717) is 5.75 Å². The number of rotatable bonds is 7. The number of alkyl halides is 2. The predicted octanol–water partition coefficient (Wildman–Crippen LogP) is 4.08. The highest BCUT2D eigenvalue weighted by molar-refractivity contribution is 5.41. The Morgan fingerprint density at radius 3 is 2.07 bits per heavy atom. The predicted molar refractivity (Wildman–Crippen MR) is 108 cm³/mol. The van der Waals surface area contributed by atoms with Gasteiger partial charge in [0, 0.05) is 31.7 Å². The van der Waals surface area contributed by atoms with Gasteiger partial charge >= 0.3 is 5.92 Å². The van der Waals surface area contributed by atoms with Crippen molar-refractivity contribution >= 4 is 5.82 Å². The molecule has 1 fully saturated rings. The number of aromatic nitrogens is 1. The Morgan fingerprint density at radius 1 is 0.929 bits per heavy atom. The van der Waals surface area contributed by atoms with Crippen molar-refractivity contribution in [2.45, 2.75) is 53.0 Å². The molecule has 0 atom stereocenters. The summed E-state index contributed by atoms with van der Waals surface area (Å²) in [5, 5.41) is 0. The second-order valence-electron chi connectivity index (χ2n) is 9.70. The molecule has 0 amide bonds. The van der Waals surface area contributed by atoms with Gasteiger partial charge in [0.05, 0.1) is 12.8 Å². The Morgan fingerprint density at radius 2 is 1.57 bits per heavy atom. The molecule has 28 heavy (non-hydrogen) atoms. The fourth-order valence-electron chi connectivity index (χ4n) is 2.99. The van der Waals surface area contributed by atoms with Crippen LogP contribution in [0.15, 0.2) is 18.3 Å². The van der Waals surface area contributed by atoms with Gasteiger partial charge in [-0.25, -0.2) is 13.8 Å². The van der Waals surface area contributed by atoms with Gasteiger partial charge in [-0.1, -0.05) is 20.8 Å². The molecule has 1 aromatic heterocycles. The molecule has 0 aliphatic carbocycles. The summed E-state index contributed by atoms with van der Waals surface area (Å²) in [5.74, 6) is -1.85. The molecule has 0 aromatic carbocycles. The van der Waals surface area contributed by atoms with E-state index in [1.54, 1.807) is 6.07 Å². The fraction of sp³-hybridized carbons (Fsp3) is 0.762. The van der Waals surface area contributed by atoms with Crippen molar-refractivity contribution < 1.29 is 18.3 Å². The molecule has 0 radical (unpaired) electrons. The molecular weight excluding hydrogens is 364 g/mol. The minimum absolute atomic E-state index is 0.144. The molecule has 7 heteroatoms. The van der Waals surface area contributed by atoms with Crippen LogP contribution in [0, 0.1) is 5.41 Å². The molecule has 2 rings (SSSR count). The van der Waals surface area contributed by atoms with E-state index in [1.165, 1.54) is 6.20 Å². The first kappa shape index (κ1) is 22.8. The molecule has 160 valence electrons.